The van der Waals surface area contributed by atoms with Crippen molar-refractivity contribution in [2.45, 2.75) is 24.5 Å². The van der Waals surface area contributed by atoms with Gasteiger partial charge >= 0.3 is 29.8 Å². The normalized spacial score (nSPS) is 18.9. The molecule has 0 bridgehead atoms. The Hall–Kier alpha value is -5.82. The first kappa shape index (κ1) is 30.6. The fraction of sp³-hybridized carbons (Fsp3) is 0.188. The highest BCUT2D eigenvalue weighted by atomic mass is 16.7. The molecule has 4 aromatic rings. The standard InChI is InChI=1S/C32H26N2O11/c1-41-32(40)23-24(28(35)36)34(18-33-23)27-26(45-31(39)21-15-9-4-10-16-21)25(44-30(38)20-13-7-3-8-14-20)22(43-27)17-42-29(37)19-11-5-2-6-12-19/h2-16,18,22,25-27H,17H2,1H3,(H,35,36)/t22-,25-,26-,27-/m1/s1. The van der Waals surface area contributed by atoms with Crippen molar-refractivity contribution in [2.75, 3.05) is 13.7 Å². The lowest BCUT2D eigenvalue weighted by atomic mass is 10.1. The third-order valence-electron chi connectivity index (χ3n) is 6.83. The van der Waals surface area contributed by atoms with Crippen molar-refractivity contribution in [3.8, 4) is 0 Å². The second kappa shape index (κ2) is 13.7. The summed E-state index contributed by atoms with van der Waals surface area (Å²) in [6.07, 6.45) is -4.72. The Morgan fingerprint density at radius 2 is 1.22 bits per heavy atom. The van der Waals surface area contributed by atoms with E-state index in [1.165, 1.54) is 36.4 Å². The number of methoxy groups -OCH3 is 1. The molecule has 0 radical (unpaired) electrons. The first-order valence-corrected chi connectivity index (χ1v) is 13.6. The first-order chi connectivity index (χ1) is 21.8. The number of esters is 4. The van der Waals surface area contributed by atoms with Crippen LogP contribution in [0.4, 0.5) is 0 Å². The number of aromatic carboxylic acids is 1. The third kappa shape index (κ3) is 6.73. The monoisotopic (exact) mass is 614 g/mol. The summed E-state index contributed by atoms with van der Waals surface area (Å²) in [5.41, 5.74) is -0.637. The van der Waals surface area contributed by atoms with Crippen molar-refractivity contribution in [3.05, 3.63) is 125 Å². The van der Waals surface area contributed by atoms with E-state index in [1.54, 1.807) is 54.6 Å². The van der Waals surface area contributed by atoms with Gasteiger partial charge in [-0.25, -0.2) is 29.0 Å². The molecule has 1 saturated heterocycles. The van der Waals surface area contributed by atoms with Gasteiger partial charge in [0.2, 0.25) is 0 Å². The molecule has 1 aliphatic rings. The van der Waals surface area contributed by atoms with Crippen LogP contribution in [0.15, 0.2) is 97.3 Å². The smallest absolute Gasteiger partial charge is 0.359 e. The molecule has 5 rings (SSSR count). The number of carboxylic acid groups (broad SMARTS) is 1. The van der Waals surface area contributed by atoms with E-state index in [0.29, 0.717) is 0 Å². The van der Waals surface area contributed by atoms with Crippen molar-refractivity contribution in [1.82, 2.24) is 9.55 Å². The molecular weight excluding hydrogens is 588 g/mol. The zero-order valence-corrected chi connectivity index (χ0v) is 23.7. The summed E-state index contributed by atoms with van der Waals surface area (Å²) in [5.74, 6) is -4.98. The van der Waals surface area contributed by atoms with Crippen LogP contribution < -0.4 is 0 Å². The van der Waals surface area contributed by atoms with Crippen LogP contribution in [-0.4, -0.2) is 76.5 Å². The Balaban J connectivity index is 1.55. The molecule has 3 aromatic carbocycles. The molecule has 0 spiro atoms. The van der Waals surface area contributed by atoms with Crippen LogP contribution in [0.2, 0.25) is 0 Å². The van der Waals surface area contributed by atoms with Crippen LogP contribution in [0.25, 0.3) is 0 Å². The van der Waals surface area contributed by atoms with Gasteiger partial charge in [-0.15, -0.1) is 0 Å². The maximum absolute atomic E-state index is 13.3. The minimum Gasteiger partial charge on any atom is -0.476 e. The maximum atomic E-state index is 13.3. The summed E-state index contributed by atoms with van der Waals surface area (Å²) >= 11 is 0. The molecule has 13 nitrogen and oxygen atoms in total. The number of carbonyl (C=O) groups excluding carboxylic acids is 4. The topological polar surface area (TPSA) is 170 Å². The van der Waals surface area contributed by atoms with Crippen molar-refractivity contribution >= 4 is 29.8 Å². The van der Waals surface area contributed by atoms with Gasteiger partial charge in [0.1, 0.15) is 12.7 Å². The van der Waals surface area contributed by atoms with Gasteiger partial charge in [-0.3, -0.25) is 4.57 Å². The molecule has 0 aliphatic carbocycles. The first-order valence-electron chi connectivity index (χ1n) is 13.6. The fourth-order valence-electron chi connectivity index (χ4n) is 4.69. The number of imidazole rings is 1. The lowest BCUT2D eigenvalue weighted by Crippen LogP contribution is -2.41. The van der Waals surface area contributed by atoms with Crippen LogP contribution in [0.1, 0.15) is 58.3 Å². The van der Waals surface area contributed by atoms with E-state index < -0.39 is 72.4 Å². The highest BCUT2D eigenvalue weighted by Gasteiger charge is 2.52. The zero-order chi connectivity index (χ0) is 31.9. The lowest BCUT2D eigenvalue weighted by Gasteiger charge is -2.25. The van der Waals surface area contributed by atoms with E-state index in [2.05, 4.69) is 9.72 Å². The van der Waals surface area contributed by atoms with Gasteiger partial charge in [0, 0.05) is 0 Å². The van der Waals surface area contributed by atoms with Crippen molar-refractivity contribution < 1.29 is 52.8 Å². The van der Waals surface area contributed by atoms with E-state index in [1.807, 2.05) is 0 Å². The van der Waals surface area contributed by atoms with Crippen LogP contribution in [0.3, 0.4) is 0 Å². The van der Waals surface area contributed by atoms with E-state index in [0.717, 1.165) is 18.0 Å². The lowest BCUT2D eigenvalue weighted by molar-refractivity contribution is -0.0629. The molecule has 230 valence electrons. The van der Waals surface area contributed by atoms with E-state index in [9.17, 15) is 29.1 Å². The Morgan fingerprint density at radius 3 is 1.71 bits per heavy atom. The molecule has 1 aliphatic heterocycles. The van der Waals surface area contributed by atoms with Crippen molar-refractivity contribution in [1.29, 1.82) is 0 Å². The quantitative estimate of drug-likeness (QED) is 0.204. The van der Waals surface area contributed by atoms with Crippen LogP contribution in [0.5, 0.6) is 0 Å². The SMILES string of the molecule is COC(=O)c1ncn([C@@H]2O[C@H](COC(=O)c3ccccc3)[C@@H](OC(=O)c3ccccc3)[C@H]2OC(=O)c2ccccc2)c1C(=O)O. The fourth-order valence-corrected chi connectivity index (χ4v) is 4.69. The maximum Gasteiger partial charge on any atom is 0.359 e. The average molecular weight is 615 g/mol. The van der Waals surface area contributed by atoms with Gasteiger partial charge in [0.15, 0.2) is 29.8 Å². The third-order valence-corrected chi connectivity index (χ3v) is 6.83. The minimum atomic E-state index is -1.57. The highest BCUT2D eigenvalue weighted by Crippen LogP contribution is 2.37. The van der Waals surface area contributed by atoms with Gasteiger partial charge in [-0.2, -0.15) is 0 Å². The summed E-state index contributed by atoms with van der Waals surface area (Å²) < 4.78 is 28.9. The highest BCUT2D eigenvalue weighted by molar-refractivity contribution is 6.00. The Labute approximate surface area is 255 Å². The van der Waals surface area contributed by atoms with Crippen LogP contribution in [0, 0.1) is 0 Å². The van der Waals surface area contributed by atoms with E-state index in [-0.39, 0.29) is 16.7 Å². The van der Waals surface area contributed by atoms with Gasteiger partial charge in [-0.1, -0.05) is 54.6 Å². The molecular formula is C32H26N2O11. The predicted octanol–water partition coefficient (Wildman–Crippen LogP) is 3.57. The van der Waals surface area contributed by atoms with Crippen LogP contribution in [-0.2, 0) is 23.7 Å². The van der Waals surface area contributed by atoms with Crippen molar-refractivity contribution in [2.24, 2.45) is 0 Å². The molecule has 2 heterocycles. The summed E-state index contributed by atoms with van der Waals surface area (Å²) in [4.78, 5) is 67.9. The number of nitrogens with zero attached hydrogens (tertiary/aromatic N) is 2. The summed E-state index contributed by atoms with van der Waals surface area (Å²) in [5, 5.41) is 10.0. The molecule has 4 atom stereocenters. The zero-order valence-electron chi connectivity index (χ0n) is 23.7. The predicted molar refractivity (Wildman–Crippen MR) is 152 cm³/mol. The largest absolute Gasteiger partial charge is 0.476 e. The van der Waals surface area contributed by atoms with Gasteiger partial charge in [0.25, 0.3) is 0 Å². The minimum absolute atomic E-state index is 0.141. The number of ether oxygens (including phenoxy) is 5. The van der Waals surface area contributed by atoms with Crippen molar-refractivity contribution in [3.63, 3.8) is 0 Å². The molecule has 1 aromatic heterocycles. The number of benzene rings is 3. The van der Waals surface area contributed by atoms with Gasteiger partial charge in [0.05, 0.1) is 30.1 Å². The van der Waals surface area contributed by atoms with E-state index in [4.69, 9.17) is 18.9 Å². The number of carbonyl (C=O) groups is 5. The number of rotatable bonds is 10. The Kier molecular flexibility index (Phi) is 9.29. The summed E-state index contributed by atoms with van der Waals surface area (Å²) in [6, 6.07) is 23.9. The molecule has 0 amide bonds. The molecule has 13 heteroatoms. The van der Waals surface area contributed by atoms with E-state index >= 15 is 0 Å². The second-order valence-electron chi connectivity index (χ2n) is 9.65. The van der Waals surface area contributed by atoms with Gasteiger partial charge in [-0.05, 0) is 36.4 Å². The molecule has 45 heavy (non-hydrogen) atoms. The Morgan fingerprint density at radius 1 is 0.733 bits per heavy atom. The number of aromatic nitrogens is 2. The summed E-state index contributed by atoms with van der Waals surface area (Å²) in [7, 11) is 1.06. The van der Waals surface area contributed by atoms with Gasteiger partial charge < -0.3 is 28.8 Å². The molecule has 0 saturated carbocycles. The number of hydrogen-bond acceptors (Lipinski definition) is 11. The Bertz CT molecular complexity index is 1690. The number of carboxylic acids is 1. The van der Waals surface area contributed by atoms with Crippen LogP contribution >= 0.6 is 0 Å². The summed E-state index contributed by atoms with van der Waals surface area (Å²) in [6.45, 7) is -0.489. The number of hydrogen-bond donors (Lipinski definition) is 1. The second-order valence-corrected chi connectivity index (χ2v) is 9.65. The molecule has 0 unspecified atom stereocenters. The molecule has 1 N–H and O–H groups in total. The average Bonchev–Trinajstić information content (AvgIpc) is 3.66. The molecule has 1 fully saturated rings.